The minimum absolute atomic E-state index is 0.194. The van der Waals surface area contributed by atoms with Gasteiger partial charge >= 0.3 is 0 Å². The van der Waals surface area contributed by atoms with E-state index >= 15 is 0 Å². The Morgan fingerprint density at radius 1 is 1.04 bits per heavy atom. The van der Waals surface area contributed by atoms with Gasteiger partial charge in [-0.1, -0.05) is 0 Å². The van der Waals surface area contributed by atoms with Gasteiger partial charge in [-0.15, -0.1) is 0 Å². The molecular weight excluding hydrogens is 344 g/mol. The first kappa shape index (κ1) is 18.1. The molecule has 1 saturated heterocycles. The van der Waals surface area contributed by atoms with Gasteiger partial charge in [0.2, 0.25) is 5.91 Å². The monoisotopic (exact) mass is 370 g/mol. The number of aryl methyl sites for hydroxylation is 1. The minimum atomic E-state index is 0.194. The molecule has 8 heteroatoms. The lowest BCUT2D eigenvalue weighted by Gasteiger charge is -2.27. The van der Waals surface area contributed by atoms with Gasteiger partial charge in [-0.3, -0.25) is 9.69 Å². The van der Waals surface area contributed by atoms with Gasteiger partial charge in [0, 0.05) is 70.7 Å². The normalized spacial score (nSPS) is 18.1. The summed E-state index contributed by atoms with van der Waals surface area (Å²) in [7, 11) is 0. The van der Waals surface area contributed by atoms with Crippen LogP contribution in [0.2, 0.25) is 0 Å². The maximum absolute atomic E-state index is 12.6. The summed E-state index contributed by atoms with van der Waals surface area (Å²) in [6.07, 6.45) is 9.04. The summed E-state index contributed by atoms with van der Waals surface area (Å²) in [6, 6.07) is 0. The molecule has 0 atom stereocenters. The summed E-state index contributed by atoms with van der Waals surface area (Å²) in [5, 5.41) is 0. The number of fused-ring (bicyclic) bond motifs is 1. The number of carbonyl (C=O) groups is 1. The fourth-order valence-electron chi connectivity index (χ4n) is 3.73. The van der Waals surface area contributed by atoms with Crippen molar-refractivity contribution in [3.8, 4) is 0 Å². The van der Waals surface area contributed by atoms with Gasteiger partial charge in [0.05, 0.1) is 18.9 Å². The lowest BCUT2D eigenvalue weighted by molar-refractivity contribution is -0.131. The third kappa shape index (κ3) is 4.51. The predicted molar refractivity (Wildman–Crippen MR) is 99.0 cm³/mol. The summed E-state index contributed by atoms with van der Waals surface area (Å²) in [5.41, 5.74) is 2.24. The number of nitrogens with zero attached hydrogens (tertiary/aromatic N) is 6. The molecule has 1 amide bonds. The van der Waals surface area contributed by atoms with E-state index in [1.807, 2.05) is 11.1 Å². The van der Waals surface area contributed by atoms with Crippen LogP contribution in [0.5, 0.6) is 0 Å². The molecule has 0 aromatic carbocycles. The van der Waals surface area contributed by atoms with Gasteiger partial charge in [-0.25, -0.2) is 15.0 Å². The number of amides is 1. The van der Waals surface area contributed by atoms with Crippen LogP contribution in [0.1, 0.15) is 23.5 Å². The number of rotatable bonds is 5. The van der Waals surface area contributed by atoms with Crippen molar-refractivity contribution in [2.75, 3.05) is 39.4 Å². The zero-order valence-corrected chi connectivity index (χ0v) is 15.6. The molecule has 2 aromatic rings. The fraction of sp³-hybridized carbons (Fsp3) is 0.579. The van der Waals surface area contributed by atoms with E-state index in [2.05, 4.69) is 24.4 Å². The summed E-state index contributed by atoms with van der Waals surface area (Å²) >= 11 is 0. The zero-order valence-electron chi connectivity index (χ0n) is 15.6. The smallest absolute Gasteiger partial charge is 0.222 e. The van der Waals surface area contributed by atoms with Crippen LogP contribution < -0.4 is 0 Å². The van der Waals surface area contributed by atoms with E-state index in [-0.39, 0.29) is 5.91 Å². The first-order chi connectivity index (χ1) is 13.3. The van der Waals surface area contributed by atoms with E-state index in [4.69, 9.17) is 4.74 Å². The number of imidazole rings is 1. The fourth-order valence-corrected chi connectivity index (χ4v) is 3.73. The third-order valence-corrected chi connectivity index (χ3v) is 5.30. The Morgan fingerprint density at radius 3 is 2.67 bits per heavy atom. The van der Waals surface area contributed by atoms with Crippen molar-refractivity contribution in [1.82, 2.24) is 29.3 Å². The molecule has 1 fully saturated rings. The summed E-state index contributed by atoms with van der Waals surface area (Å²) in [5.74, 6) is 1.28. The molecule has 4 rings (SSSR count). The Balaban J connectivity index is 1.33. The quantitative estimate of drug-likeness (QED) is 0.764. The average molecular weight is 370 g/mol. The minimum Gasteiger partial charge on any atom is -0.379 e. The van der Waals surface area contributed by atoms with Gasteiger partial charge < -0.3 is 14.2 Å². The third-order valence-electron chi connectivity index (χ3n) is 5.30. The van der Waals surface area contributed by atoms with Gasteiger partial charge in [0.15, 0.2) is 0 Å². The van der Waals surface area contributed by atoms with Crippen molar-refractivity contribution in [2.45, 2.75) is 32.4 Å². The number of ether oxygens (including phenoxy) is 1. The van der Waals surface area contributed by atoms with Crippen molar-refractivity contribution in [3.05, 3.63) is 42.0 Å². The van der Waals surface area contributed by atoms with Gasteiger partial charge in [-0.2, -0.15) is 0 Å². The van der Waals surface area contributed by atoms with Crippen LogP contribution in [0.25, 0.3) is 0 Å². The average Bonchev–Trinajstić information content (AvgIpc) is 2.96. The number of hydrogen-bond acceptors (Lipinski definition) is 6. The number of hydrogen-bond donors (Lipinski definition) is 0. The maximum atomic E-state index is 12.6. The van der Waals surface area contributed by atoms with Crippen molar-refractivity contribution < 1.29 is 9.53 Å². The van der Waals surface area contributed by atoms with Crippen LogP contribution in [0.15, 0.2) is 24.9 Å². The topological polar surface area (TPSA) is 76.4 Å². The highest BCUT2D eigenvalue weighted by Crippen LogP contribution is 2.15. The second-order valence-electron chi connectivity index (χ2n) is 7.08. The first-order valence-electron chi connectivity index (χ1n) is 9.64. The molecule has 2 aliphatic heterocycles. The van der Waals surface area contributed by atoms with Crippen molar-refractivity contribution in [1.29, 1.82) is 0 Å². The molecule has 8 nitrogen and oxygen atoms in total. The molecule has 27 heavy (non-hydrogen) atoms. The van der Waals surface area contributed by atoms with E-state index in [1.165, 1.54) is 12.0 Å². The Hall–Kier alpha value is -2.32. The molecule has 0 unspecified atom stereocenters. The molecule has 2 aliphatic rings. The highest BCUT2D eigenvalue weighted by Gasteiger charge is 2.22. The van der Waals surface area contributed by atoms with Gasteiger partial charge in [0.25, 0.3) is 0 Å². The molecule has 0 radical (unpaired) electrons. The predicted octanol–water partition coefficient (Wildman–Crippen LogP) is 0.523. The molecule has 4 heterocycles. The Morgan fingerprint density at radius 2 is 1.85 bits per heavy atom. The van der Waals surface area contributed by atoms with Crippen LogP contribution in [-0.2, 0) is 35.5 Å². The summed E-state index contributed by atoms with van der Waals surface area (Å²) in [4.78, 5) is 29.6. The zero-order chi connectivity index (χ0) is 18.5. The van der Waals surface area contributed by atoms with E-state index < -0.39 is 0 Å². The van der Waals surface area contributed by atoms with E-state index in [0.717, 1.165) is 70.3 Å². The van der Waals surface area contributed by atoms with E-state index in [1.54, 1.807) is 12.4 Å². The van der Waals surface area contributed by atoms with Gasteiger partial charge in [0.1, 0.15) is 12.2 Å². The van der Waals surface area contributed by atoms with Crippen LogP contribution >= 0.6 is 0 Å². The molecular formula is C19H26N6O2. The second-order valence-corrected chi connectivity index (χ2v) is 7.08. The lowest BCUT2D eigenvalue weighted by atomic mass is 10.2. The molecule has 0 saturated carbocycles. The van der Waals surface area contributed by atoms with Crippen molar-refractivity contribution in [3.63, 3.8) is 0 Å². The standard InChI is InChI=1S/C19H26N6O2/c26-19(2-1-16-11-20-15-21-12-16)24-4-3-18-22-13-17(25(18)6-5-24)14-23-7-9-27-10-8-23/h11-13,15H,1-10,14H2. The second kappa shape index (κ2) is 8.58. The molecule has 0 bridgehead atoms. The van der Waals surface area contributed by atoms with Crippen LogP contribution in [0.3, 0.4) is 0 Å². The lowest BCUT2D eigenvalue weighted by Crippen LogP contribution is -2.36. The molecule has 144 valence electrons. The van der Waals surface area contributed by atoms with E-state index in [0.29, 0.717) is 12.8 Å². The Labute approximate surface area is 159 Å². The van der Waals surface area contributed by atoms with E-state index in [9.17, 15) is 4.79 Å². The summed E-state index contributed by atoms with van der Waals surface area (Å²) in [6.45, 7) is 6.73. The Bertz CT molecular complexity index is 757. The van der Waals surface area contributed by atoms with Crippen LogP contribution in [-0.4, -0.2) is 74.6 Å². The Kier molecular flexibility index (Phi) is 5.74. The number of morpholine rings is 1. The van der Waals surface area contributed by atoms with Crippen LogP contribution in [0, 0.1) is 0 Å². The maximum Gasteiger partial charge on any atom is 0.222 e. The molecule has 0 aliphatic carbocycles. The number of aromatic nitrogens is 4. The molecule has 0 N–H and O–H groups in total. The largest absolute Gasteiger partial charge is 0.379 e. The number of carbonyl (C=O) groups excluding carboxylic acids is 1. The van der Waals surface area contributed by atoms with Gasteiger partial charge in [-0.05, 0) is 12.0 Å². The van der Waals surface area contributed by atoms with Crippen LogP contribution in [0.4, 0.5) is 0 Å². The highest BCUT2D eigenvalue weighted by atomic mass is 16.5. The SMILES string of the molecule is O=C(CCc1cncnc1)N1CCc2ncc(CN3CCOCC3)n2CC1. The molecule has 0 spiro atoms. The first-order valence-corrected chi connectivity index (χ1v) is 9.64. The van der Waals surface area contributed by atoms with Crippen molar-refractivity contribution >= 4 is 5.91 Å². The highest BCUT2D eigenvalue weighted by molar-refractivity contribution is 5.76. The molecule has 2 aromatic heterocycles. The van der Waals surface area contributed by atoms with Crippen molar-refractivity contribution in [2.24, 2.45) is 0 Å². The summed E-state index contributed by atoms with van der Waals surface area (Å²) < 4.78 is 7.73.